The van der Waals surface area contributed by atoms with Crippen molar-refractivity contribution in [2.24, 2.45) is 0 Å². The summed E-state index contributed by atoms with van der Waals surface area (Å²) in [4.78, 5) is 11.7. The topological polar surface area (TPSA) is 72.8 Å². The second-order valence-corrected chi connectivity index (χ2v) is 4.12. The lowest BCUT2D eigenvalue weighted by Crippen LogP contribution is -2.15. The Balaban J connectivity index is 2.25. The standard InChI is InChI=1S/C14H12O5/c1-2-17-14(16)12(15)11-9-4-6-18-10(9)7-8-3-5-19-13(8)11/h3-7,12,15H,2H2,1H3. The molecule has 0 saturated heterocycles. The summed E-state index contributed by atoms with van der Waals surface area (Å²) in [6.07, 6.45) is 1.62. The Labute approximate surface area is 108 Å². The molecular formula is C14H12O5. The molecule has 1 unspecified atom stereocenters. The molecule has 98 valence electrons. The summed E-state index contributed by atoms with van der Waals surface area (Å²) in [5, 5.41) is 11.6. The van der Waals surface area contributed by atoms with Crippen LogP contribution >= 0.6 is 0 Å². The predicted octanol–water partition coefficient (Wildman–Crippen LogP) is 2.78. The number of esters is 1. The van der Waals surface area contributed by atoms with Crippen LogP contribution in [-0.2, 0) is 9.53 Å². The largest absolute Gasteiger partial charge is 0.464 e. The van der Waals surface area contributed by atoms with Gasteiger partial charge in [0.2, 0.25) is 0 Å². The molecule has 3 aromatic rings. The number of hydrogen-bond donors (Lipinski definition) is 1. The molecule has 0 amide bonds. The highest BCUT2D eigenvalue weighted by atomic mass is 16.5. The zero-order chi connectivity index (χ0) is 13.4. The molecule has 2 aromatic heterocycles. The lowest BCUT2D eigenvalue weighted by Gasteiger charge is -2.11. The van der Waals surface area contributed by atoms with Crippen LogP contribution in [0.3, 0.4) is 0 Å². The zero-order valence-corrected chi connectivity index (χ0v) is 10.3. The van der Waals surface area contributed by atoms with Crippen molar-refractivity contribution < 1.29 is 23.5 Å². The third-order valence-corrected chi connectivity index (χ3v) is 3.00. The number of aliphatic hydroxyl groups excluding tert-OH is 1. The molecule has 0 fully saturated rings. The fourth-order valence-corrected chi connectivity index (χ4v) is 2.18. The second-order valence-electron chi connectivity index (χ2n) is 4.12. The Morgan fingerprint density at radius 1 is 1.37 bits per heavy atom. The molecule has 0 radical (unpaired) electrons. The molecule has 5 heteroatoms. The van der Waals surface area contributed by atoms with Crippen molar-refractivity contribution in [3.05, 3.63) is 36.3 Å². The van der Waals surface area contributed by atoms with Gasteiger partial charge in [-0.3, -0.25) is 0 Å². The summed E-state index contributed by atoms with van der Waals surface area (Å²) < 4.78 is 15.5. The first-order valence-electron chi connectivity index (χ1n) is 5.94. The number of rotatable bonds is 3. The lowest BCUT2D eigenvalue weighted by molar-refractivity contribution is -0.153. The molecule has 0 aliphatic rings. The number of carbonyl (C=O) groups excluding carboxylic acids is 1. The van der Waals surface area contributed by atoms with E-state index in [-0.39, 0.29) is 6.61 Å². The van der Waals surface area contributed by atoms with Gasteiger partial charge in [-0.15, -0.1) is 0 Å². The fraction of sp³-hybridized carbons (Fsp3) is 0.214. The summed E-state index contributed by atoms with van der Waals surface area (Å²) in [5.74, 6) is -0.700. The first kappa shape index (κ1) is 11.8. The normalized spacial score (nSPS) is 12.9. The van der Waals surface area contributed by atoms with Gasteiger partial charge in [0.1, 0.15) is 11.2 Å². The molecule has 0 bridgehead atoms. The van der Waals surface area contributed by atoms with Crippen molar-refractivity contribution in [3.8, 4) is 0 Å². The Morgan fingerprint density at radius 3 is 2.95 bits per heavy atom. The molecular weight excluding hydrogens is 248 g/mol. The summed E-state index contributed by atoms with van der Waals surface area (Å²) in [6, 6.07) is 5.24. The van der Waals surface area contributed by atoms with E-state index in [1.165, 1.54) is 12.5 Å². The number of benzene rings is 1. The van der Waals surface area contributed by atoms with Gasteiger partial charge in [-0.05, 0) is 25.1 Å². The van der Waals surface area contributed by atoms with Crippen molar-refractivity contribution >= 4 is 27.9 Å². The maximum absolute atomic E-state index is 11.7. The van der Waals surface area contributed by atoms with E-state index in [1.54, 1.807) is 25.1 Å². The van der Waals surface area contributed by atoms with Gasteiger partial charge in [-0.1, -0.05) is 0 Å². The molecule has 0 aliphatic carbocycles. The molecule has 3 rings (SSSR count). The first-order valence-corrected chi connectivity index (χ1v) is 5.94. The van der Waals surface area contributed by atoms with Crippen LogP contribution in [-0.4, -0.2) is 17.7 Å². The van der Waals surface area contributed by atoms with Crippen molar-refractivity contribution in [3.63, 3.8) is 0 Å². The molecule has 0 aliphatic heterocycles. The van der Waals surface area contributed by atoms with Gasteiger partial charge in [0.05, 0.1) is 19.1 Å². The van der Waals surface area contributed by atoms with E-state index >= 15 is 0 Å². The Bertz CT molecular complexity index is 688. The predicted molar refractivity (Wildman–Crippen MR) is 67.6 cm³/mol. The van der Waals surface area contributed by atoms with Gasteiger partial charge >= 0.3 is 5.97 Å². The van der Waals surface area contributed by atoms with Crippen LogP contribution in [0.2, 0.25) is 0 Å². The van der Waals surface area contributed by atoms with Crippen LogP contribution in [0.15, 0.2) is 39.6 Å². The second kappa shape index (κ2) is 4.44. The maximum Gasteiger partial charge on any atom is 0.339 e. The van der Waals surface area contributed by atoms with E-state index in [4.69, 9.17) is 13.6 Å². The van der Waals surface area contributed by atoms with Crippen LogP contribution in [0, 0.1) is 0 Å². The third kappa shape index (κ3) is 1.79. The van der Waals surface area contributed by atoms with Gasteiger partial charge in [-0.2, -0.15) is 0 Å². The third-order valence-electron chi connectivity index (χ3n) is 3.00. The number of ether oxygens (including phenoxy) is 1. The van der Waals surface area contributed by atoms with Gasteiger partial charge in [-0.25, -0.2) is 4.79 Å². The molecule has 2 heterocycles. The Hall–Kier alpha value is -2.27. The van der Waals surface area contributed by atoms with E-state index < -0.39 is 12.1 Å². The van der Waals surface area contributed by atoms with E-state index in [1.807, 2.05) is 0 Å². The van der Waals surface area contributed by atoms with E-state index in [2.05, 4.69) is 0 Å². The number of furan rings is 2. The van der Waals surface area contributed by atoms with Crippen molar-refractivity contribution in [1.82, 2.24) is 0 Å². The SMILES string of the molecule is CCOC(=O)C(O)c1c2ccoc2cc2ccoc12. The summed E-state index contributed by atoms with van der Waals surface area (Å²) in [7, 11) is 0. The highest BCUT2D eigenvalue weighted by molar-refractivity contribution is 6.00. The minimum atomic E-state index is -1.39. The van der Waals surface area contributed by atoms with E-state index in [0.29, 0.717) is 22.1 Å². The smallest absolute Gasteiger partial charge is 0.339 e. The number of aliphatic hydroxyl groups is 1. The molecule has 1 aromatic carbocycles. The van der Waals surface area contributed by atoms with Crippen molar-refractivity contribution in [1.29, 1.82) is 0 Å². The minimum absolute atomic E-state index is 0.207. The molecule has 0 spiro atoms. The number of hydrogen-bond acceptors (Lipinski definition) is 5. The Morgan fingerprint density at radius 2 is 2.16 bits per heavy atom. The highest BCUT2D eigenvalue weighted by Gasteiger charge is 2.26. The fourth-order valence-electron chi connectivity index (χ4n) is 2.18. The van der Waals surface area contributed by atoms with Gasteiger partial charge < -0.3 is 18.7 Å². The molecule has 1 atom stereocenters. The van der Waals surface area contributed by atoms with E-state index in [9.17, 15) is 9.90 Å². The molecule has 5 nitrogen and oxygen atoms in total. The average Bonchev–Trinajstić information content (AvgIpc) is 3.02. The highest BCUT2D eigenvalue weighted by Crippen LogP contribution is 2.34. The van der Waals surface area contributed by atoms with Gasteiger partial charge in [0, 0.05) is 16.3 Å². The minimum Gasteiger partial charge on any atom is -0.464 e. The lowest BCUT2D eigenvalue weighted by atomic mass is 10.0. The number of fused-ring (bicyclic) bond motifs is 2. The molecule has 19 heavy (non-hydrogen) atoms. The van der Waals surface area contributed by atoms with Gasteiger partial charge in [0.25, 0.3) is 0 Å². The first-order chi connectivity index (χ1) is 9.22. The van der Waals surface area contributed by atoms with Gasteiger partial charge in [0.15, 0.2) is 6.10 Å². The number of carbonyl (C=O) groups is 1. The van der Waals surface area contributed by atoms with Crippen LogP contribution < -0.4 is 0 Å². The quantitative estimate of drug-likeness (QED) is 0.733. The Kier molecular flexibility index (Phi) is 2.76. The van der Waals surface area contributed by atoms with Crippen LogP contribution in [0.25, 0.3) is 21.9 Å². The van der Waals surface area contributed by atoms with E-state index in [0.717, 1.165) is 5.39 Å². The summed E-state index contributed by atoms with van der Waals surface area (Å²) in [6.45, 7) is 1.89. The molecule has 1 N–H and O–H groups in total. The molecule has 0 saturated carbocycles. The monoisotopic (exact) mass is 260 g/mol. The summed E-state index contributed by atoms with van der Waals surface area (Å²) >= 11 is 0. The van der Waals surface area contributed by atoms with Crippen molar-refractivity contribution in [2.75, 3.05) is 6.61 Å². The van der Waals surface area contributed by atoms with Crippen LogP contribution in [0.5, 0.6) is 0 Å². The van der Waals surface area contributed by atoms with Crippen LogP contribution in [0.1, 0.15) is 18.6 Å². The average molecular weight is 260 g/mol. The van der Waals surface area contributed by atoms with Crippen LogP contribution in [0.4, 0.5) is 0 Å². The maximum atomic E-state index is 11.7. The zero-order valence-electron chi connectivity index (χ0n) is 10.3. The summed E-state index contributed by atoms with van der Waals surface area (Å²) in [5.41, 5.74) is 1.44. The van der Waals surface area contributed by atoms with Crippen molar-refractivity contribution in [2.45, 2.75) is 13.0 Å².